The summed E-state index contributed by atoms with van der Waals surface area (Å²) in [4.78, 5) is 7.28. The monoisotopic (exact) mass is 869 g/mol. The summed E-state index contributed by atoms with van der Waals surface area (Å²) >= 11 is 0. The fraction of sp³-hybridized carbons (Fsp3) is 0.0462. The first-order valence-electron chi connectivity index (χ1n) is 23.6. The average Bonchev–Trinajstić information content (AvgIpc) is 3.70. The van der Waals surface area contributed by atoms with Gasteiger partial charge < -0.3 is 14.7 Å². The van der Waals surface area contributed by atoms with Crippen LogP contribution in [0.4, 0.5) is 51.2 Å². The van der Waals surface area contributed by atoms with E-state index in [2.05, 4.69) is 277 Å². The fourth-order valence-electron chi connectivity index (χ4n) is 11.4. The molecule has 1 aliphatic carbocycles. The molecule has 3 nitrogen and oxygen atoms in total. The third kappa shape index (κ3) is 5.99. The summed E-state index contributed by atoms with van der Waals surface area (Å²) in [6.07, 6.45) is 0. The molecule has 0 saturated carbocycles. The lowest BCUT2D eigenvalue weighted by molar-refractivity contribution is 0.759. The molecule has 13 rings (SSSR count). The fourth-order valence-corrected chi connectivity index (χ4v) is 11.4. The molecule has 0 amide bonds. The highest BCUT2D eigenvalue weighted by Gasteiger charge is 2.53. The van der Waals surface area contributed by atoms with Gasteiger partial charge in [-0.1, -0.05) is 163 Å². The summed E-state index contributed by atoms with van der Waals surface area (Å²) in [6.45, 7) is 4.31. The van der Waals surface area contributed by atoms with Crippen molar-refractivity contribution in [2.45, 2.75) is 19.3 Å². The molecule has 0 aromatic heterocycles. The first kappa shape index (κ1) is 39.7. The Labute approximate surface area is 398 Å². The molecule has 3 heteroatoms. The maximum absolute atomic E-state index is 2.51. The standard InChI is InChI=1S/C65H47N3/c1-44-30-34-49(35-31-44)66(46-18-6-3-7-19-46)51-38-40-55-57(42-51)53-24-12-13-25-54(53)63-56-41-39-52(67(47-20-8-4-9-21-47)50-36-32-45(2)33-37-50)43-60(56)65(64(55)63)58-26-14-16-28-61(58)68(48-22-10-5-11-23-48)62-29-17-15-27-59(62)65/h3-43H,1-2H3. The predicted molar refractivity (Wildman–Crippen MR) is 286 cm³/mol. The number of para-hydroxylation sites is 5. The van der Waals surface area contributed by atoms with Gasteiger partial charge in [-0.2, -0.15) is 0 Å². The van der Waals surface area contributed by atoms with Crippen molar-refractivity contribution in [3.8, 4) is 11.1 Å². The second kappa shape index (κ2) is 15.8. The SMILES string of the molecule is Cc1ccc(N(c2ccccc2)c2ccc3c(c2)C2(c4ccccc4N(c4ccccc4)c4ccccc42)c2c-3c3ccccc3c3cc(N(c4ccccc4)c4ccc(C)cc4)ccc23)cc1. The number of hydrogen-bond acceptors (Lipinski definition) is 3. The molecule has 0 saturated heterocycles. The van der Waals surface area contributed by atoms with Crippen molar-refractivity contribution in [1.29, 1.82) is 0 Å². The summed E-state index contributed by atoms with van der Waals surface area (Å²) in [6, 6.07) is 92.1. The second-order valence-corrected chi connectivity index (χ2v) is 18.2. The summed E-state index contributed by atoms with van der Waals surface area (Å²) in [5.74, 6) is 0. The van der Waals surface area contributed by atoms with Crippen LogP contribution in [0.2, 0.25) is 0 Å². The molecule has 2 aliphatic rings. The van der Waals surface area contributed by atoms with Crippen LogP contribution in [-0.2, 0) is 5.41 Å². The van der Waals surface area contributed by atoms with Crippen molar-refractivity contribution in [2.24, 2.45) is 0 Å². The number of aryl methyl sites for hydroxylation is 2. The van der Waals surface area contributed by atoms with E-state index in [1.165, 1.54) is 77.4 Å². The minimum absolute atomic E-state index is 0.714. The van der Waals surface area contributed by atoms with Crippen LogP contribution < -0.4 is 14.7 Å². The largest absolute Gasteiger partial charge is 0.310 e. The Hall–Kier alpha value is -8.66. The third-order valence-electron chi connectivity index (χ3n) is 14.3. The molecule has 0 N–H and O–H groups in total. The molecular formula is C65H47N3. The van der Waals surface area contributed by atoms with Gasteiger partial charge in [-0.15, -0.1) is 0 Å². The maximum Gasteiger partial charge on any atom is 0.0761 e. The zero-order valence-corrected chi connectivity index (χ0v) is 38.0. The van der Waals surface area contributed by atoms with Crippen LogP contribution in [0.1, 0.15) is 33.4 Å². The van der Waals surface area contributed by atoms with Crippen LogP contribution in [0.15, 0.2) is 249 Å². The summed E-state index contributed by atoms with van der Waals surface area (Å²) in [5, 5.41) is 4.95. The Morgan fingerprint density at radius 1 is 0.324 bits per heavy atom. The van der Waals surface area contributed by atoms with Gasteiger partial charge in [-0.25, -0.2) is 0 Å². The van der Waals surface area contributed by atoms with Crippen LogP contribution in [0.5, 0.6) is 0 Å². The van der Waals surface area contributed by atoms with E-state index in [0.29, 0.717) is 0 Å². The van der Waals surface area contributed by atoms with E-state index in [1.807, 2.05) is 0 Å². The van der Waals surface area contributed by atoms with Crippen molar-refractivity contribution in [3.05, 3.63) is 282 Å². The molecule has 1 aliphatic heterocycles. The quantitative estimate of drug-likeness (QED) is 0.148. The molecule has 11 aromatic carbocycles. The molecule has 0 fully saturated rings. The molecule has 0 radical (unpaired) electrons. The molecular weight excluding hydrogens is 823 g/mol. The third-order valence-corrected chi connectivity index (χ3v) is 14.3. The molecule has 0 unspecified atom stereocenters. The van der Waals surface area contributed by atoms with Gasteiger partial charge in [0.2, 0.25) is 0 Å². The normalized spacial score (nSPS) is 12.9. The molecule has 0 atom stereocenters. The first-order chi connectivity index (χ1) is 33.6. The van der Waals surface area contributed by atoms with Crippen molar-refractivity contribution in [1.82, 2.24) is 0 Å². The summed E-state index contributed by atoms with van der Waals surface area (Å²) in [7, 11) is 0. The molecule has 322 valence electrons. The number of anilines is 9. The van der Waals surface area contributed by atoms with Crippen molar-refractivity contribution >= 4 is 72.7 Å². The molecule has 0 bridgehead atoms. The number of rotatable bonds is 7. The number of hydrogen-bond donors (Lipinski definition) is 0. The van der Waals surface area contributed by atoms with E-state index in [9.17, 15) is 0 Å². The minimum Gasteiger partial charge on any atom is -0.310 e. The molecule has 68 heavy (non-hydrogen) atoms. The zero-order valence-electron chi connectivity index (χ0n) is 38.0. The Morgan fingerprint density at radius 3 is 1.34 bits per heavy atom. The van der Waals surface area contributed by atoms with E-state index in [1.54, 1.807) is 0 Å². The Balaban J connectivity index is 1.16. The van der Waals surface area contributed by atoms with Gasteiger partial charge in [0.1, 0.15) is 0 Å². The Morgan fingerprint density at radius 2 is 0.765 bits per heavy atom. The second-order valence-electron chi connectivity index (χ2n) is 18.2. The maximum atomic E-state index is 2.51. The van der Waals surface area contributed by atoms with Crippen LogP contribution in [0, 0.1) is 13.8 Å². The van der Waals surface area contributed by atoms with Crippen LogP contribution in [0.25, 0.3) is 32.7 Å². The van der Waals surface area contributed by atoms with Gasteiger partial charge in [0.05, 0.1) is 16.8 Å². The number of fused-ring (bicyclic) bond motifs is 14. The van der Waals surface area contributed by atoms with E-state index < -0.39 is 5.41 Å². The Kier molecular flexibility index (Phi) is 9.19. The van der Waals surface area contributed by atoms with Gasteiger partial charge >= 0.3 is 0 Å². The van der Waals surface area contributed by atoms with Crippen molar-refractivity contribution < 1.29 is 0 Å². The van der Waals surface area contributed by atoms with E-state index in [4.69, 9.17) is 0 Å². The van der Waals surface area contributed by atoms with Crippen LogP contribution in [-0.4, -0.2) is 0 Å². The van der Waals surface area contributed by atoms with Crippen molar-refractivity contribution in [2.75, 3.05) is 14.7 Å². The number of nitrogens with zero attached hydrogens (tertiary/aromatic N) is 3. The highest BCUT2D eigenvalue weighted by molar-refractivity contribution is 6.20. The molecule has 11 aromatic rings. The average molecular weight is 870 g/mol. The summed E-state index contributed by atoms with van der Waals surface area (Å²) in [5.41, 5.74) is 19.6. The lowest BCUT2D eigenvalue weighted by Gasteiger charge is -2.45. The van der Waals surface area contributed by atoms with E-state index >= 15 is 0 Å². The smallest absolute Gasteiger partial charge is 0.0761 e. The lowest BCUT2D eigenvalue weighted by atomic mass is 9.63. The van der Waals surface area contributed by atoms with Gasteiger partial charge in [0, 0.05) is 39.8 Å². The Bertz CT molecular complexity index is 3650. The van der Waals surface area contributed by atoms with Gasteiger partial charge in [0.25, 0.3) is 0 Å². The predicted octanol–water partition coefficient (Wildman–Crippen LogP) is 17.7. The highest BCUT2D eigenvalue weighted by Crippen LogP contribution is 2.66. The lowest BCUT2D eigenvalue weighted by Crippen LogP contribution is -2.36. The number of benzene rings is 11. The van der Waals surface area contributed by atoms with E-state index in [-0.39, 0.29) is 0 Å². The van der Waals surface area contributed by atoms with Crippen molar-refractivity contribution in [3.63, 3.8) is 0 Å². The minimum atomic E-state index is -0.714. The first-order valence-corrected chi connectivity index (χ1v) is 23.6. The van der Waals surface area contributed by atoms with Gasteiger partial charge in [-0.05, 0) is 166 Å². The van der Waals surface area contributed by atoms with Gasteiger partial charge in [0.15, 0.2) is 0 Å². The molecule has 1 spiro atoms. The topological polar surface area (TPSA) is 9.72 Å². The van der Waals surface area contributed by atoms with E-state index in [0.717, 1.165) is 39.8 Å². The summed E-state index contributed by atoms with van der Waals surface area (Å²) < 4.78 is 0. The van der Waals surface area contributed by atoms with Crippen LogP contribution >= 0.6 is 0 Å². The molecule has 1 heterocycles. The van der Waals surface area contributed by atoms with Crippen LogP contribution in [0.3, 0.4) is 0 Å². The van der Waals surface area contributed by atoms with Gasteiger partial charge in [-0.3, -0.25) is 0 Å². The zero-order chi connectivity index (χ0) is 45.3. The highest BCUT2D eigenvalue weighted by atomic mass is 15.2.